The molecule has 1 atom stereocenters. The van der Waals surface area contributed by atoms with E-state index in [1.165, 1.54) is 0 Å². The normalized spacial score (nSPS) is 11.7. The molecule has 0 spiro atoms. The van der Waals surface area contributed by atoms with Gasteiger partial charge >= 0.3 is 5.97 Å². The summed E-state index contributed by atoms with van der Waals surface area (Å²) in [5.74, 6) is -1.30. The zero-order chi connectivity index (χ0) is 17.7. The van der Waals surface area contributed by atoms with E-state index in [0.29, 0.717) is 11.3 Å². The van der Waals surface area contributed by atoms with Crippen molar-refractivity contribution in [1.29, 1.82) is 0 Å². The Morgan fingerprint density at radius 2 is 1.67 bits per heavy atom. The third-order valence-electron chi connectivity index (χ3n) is 3.63. The Labute approximate surface area is 141 Å². The third kappa shape index (κ3) is 4.43. The van der Waals surface area contributed by atoms with Crippen molar-refractivity contribution in [2.45, 2.75) is 26.9 Å². The van der Waals surface area contributed by atoms with Gasteiger partial charge in [-0.15, -0.1) is 0 Å². The van der Waals surface area contributed by atoms with Crippen molar-refractivity contribution in [1.82, 2.24) is 0 Å². The predicted octanol–water partition coefficient (Wildman–Crippen LogP) is 2.83. The summed E-state index contributed by atoms with van der Waals surface area (Å²) < 4.78 is 4.89. The van der Waals surface area contributed by atoms with Crippen LogP contribution >= 0.6 is 0 Å². The SMILES string of the molecule is Cc1cc(C)c(NC(=O)COC(=O)C(O)c2ccccc2)c(C)c1. The molecule has 0 aromatic heterocycles. The Morgan fingerprint density at radius 1 is 1.08 bits per heavy atom. The number of amides is 1. The van der Waals surface area contributed by atoms with E-state index in [9.17, 15) is 14.7 Å². The molecule has 126 valence electrons. The molecule has 0 aliphatic rings. The molecule has 5 nitrogen and oxygen atoms in total. The van der Waals surface area contributed by atoms with Crippen molar-refractivity contribution in [3.8, 4) is 0 Å². The number of ether oxygens (including phenoxy) is 1. The van der Waals surface area contributed by atoms with Crippen LogP contribution in [0.25, 0.3) is 0 Å². The Kier molecular flexibility index (Phi) is 5.71. The monoisotopic (exact) mass is 327 g/mol. The molecule has 0 radical (unpaired) electrons. The first-order valence-corrected chi connectivity index (χ1v) is 7.66. The van der Waals surface area contributed by atoms with Gasteiger partial charge in [0.25, 0.3) is 5.91 Å². The van der Waals surface area contributed by atoms with E-state index < -0.39 is 24.6 Å². The molecular formula is C19H21NO4. The van der Waals surface area contributed by atoms with Crippen LogP contribution in [0.2, 0.25) is 0 Å². The summed E-state index contributed by atoms with van der Waals surface area (Å²) in [4.78, 5) is 23.8. The zero-order valence-electron chi connectivity index (χ0n) is 14.0. The maximum absolute atomic E-state index is 12.0. The second kappa shape index (κ2) is 7.75. The fourth-order valence-electron chi connectivity index (χ4n) is 2.54. The molecule has 0 aliphatic heterocycles. The van der Waals surface area contributed by atoms with E-state index in [2.05, 4.69) is 5.32 Å². The van der Waals surface area contributed by atoms with Crippen molar-refractivity contribution < 1.29 is 19.4 Å². The fourth-order valence-corrected chi connectivity index (χ4v) is 2.54. The minimum Gasteiger partial charge on any atom is -0.453 e. The molecule has 2 N–H and O–H groups in total. The second-order valence-corrected chi connectivity index (χ2v) is 5.74. The molecule has 0 bridgehead atoms. The van der Waals surface area contributed by atoms with Crippen LogP contribution in [0.3, 0.4) is 0 Å². The van der Waals surface area contributed by atoms with Crippen molar-refractivity contribution in [2.24, 2.45) is 0 Å². The van der Waals surface area contributed by atoms with Crippen LogP contribution in [-0.2, 0) is 14.3 Å². The maximum atomic E-state index is 12.0. The Hall–Kier alpha value is -2.66. The lowest BCUT2D eigenvalue weighted by Crippen LogP contribution is -2.24. The zero-order valence-corrected chi connectivity index (χ0v) is 14.0. The number of hydrogen-bond donors (Lipinski definition) is 2. The van der Waals surface area contributed by atoms with Crippen molar-refractivity contribution in [3.63, 3.8) is 0 Å². The molecule has 24 heavy (non-hydrogen) atoms. The standard InChI is InChI=1S/C19H21NO4/c1-12-9-13(2)17(14(3)10-12)20-16(21)11-24-19(23)18(22)15-7-5-4-6-8-15/h4-10,18,22H,11H2,1-3H3,(H,20,21). The fraction of sp³-hybridized carbons (Fsp3) is 0.263. The predicted molar refractivity (Wildman–Crippen MR) is 91.6 cm³/mol. The summed E-state index contributed by atoms with van der Waals surface area (Å²) in [5.41, 5.74) is 4.13. The first-order valence-electron chi connectivity index (χ1n) is 7.66. The average molecular weight is 327 g/mol. The Morgan fingerprint density at radius 3 is 2.25 bits per heavy atom. The summed E-state index contributed by atoms with van der Waals surface area (Å²) >= 11 is 0. The molecule has 2 aromatic rings. The maximum Gasteiger partial charge on any atom is 0.340 e. The largest absolute Gasteiger partial charge is 0.453 e. The van der Waals surface area contributed by atoms with Crippen LogP contribution in [0.5, 0.6) is 0 Å². The first-order chi connectivity index (χ1) is 11.4. The van der Waals surface area contributed by atoms with E-state index in [1.54, 1.807) is 30.3 Å². The summed E-state index contributed by atoms with van der Waals surface area (Å²) in [5, 5.41) is 12.6. The number of aryl methyl sites for hydroxylation is 3. The summed E-state index contributed by atoms with van der Waals surface area (Å²) in [6.45, 7) is 5.34. The van der Waals surface area contributed by atoms with Gasteiger partial charge < -0.3 is 15.2 Å². The highest BCUT2D eigenvalue weighted by Gasteiger charge is 2.20. The number of esters is 1. The van der Waals surface area contributed by atoms with Crippen LogP contribution in [0.15, 0.2) is 42.5 Å². The number of aliphatic hydroxyl groups excluding tert-OH is 1. The number of rotatable bonds is 5. The molecule has 5 heteroatoms. The molecule has 1 unspecified atom stereocenters. The molecule has 0 heterocycles. The lowest BCUT2D eigenvalue weighted by atomic mass is 10.1. The topological polar surface area (TPSA) is 75.6 Å². The number of aliphatic hydroxyl groups is 1. The first kappa shape index (κ1) is 17.7. The van der Waals surface area contributed by atoms with Crippen LogP contribution in [0.4, 0.5) is 5.69 Å². The number of benzene rings is 2. The number of anilines is 1. The van der Waals surface area contributed by atoms with Gasteiger partial charge in [0.15, 0.2) is 12.7 Å². The van der Waals surface area contributed by atoms with Gasteiger partial charge in [0.05, 0.1) is 0 Å². The minimum atomic E-state index is -1.40. The highest BCUT2D eigenvalue weighted by atomic mass is 16.5. The second-order valence-electron chi connectivity index (χ2n) is 5.74. The quantitative estimate of drug-likeness (QED) is 0.828. The molecule has 2 rings (SSSR count). The third-order valence-corrected chi connectivity index (χ3v) is 3.63. The van der Waals surface area contributed by atoms with Crippen molar-refractivity contribution in [2.75, 3.05) is 11.9 Å². The highest BCUT2D eigenvalue weighted by molar-refractivity contribution is 5.94. The number of carbonyl (C=O) groups is 2. The van der Waals surface area contributed by atoms with Crippen LogP contribution in [-0.4, -0.2) is 23.6 Å². The van der Waals surface area contributed by atoms with Gasteiger partial charge in [-0.1, -0.05) is 48.0 Å². The van der Waals surface area contributed by atoms with E-state index in [4.69, 9.17) is 4.74 Å². The summed E-state index contributed by atoms with van der Waals surface area (Å²) in [6, 6.07) is 12.4. The van der Waals surface area contributed by atoms with Crippen LogP contribution in [0.1, 0.15) is 28.4 Å². The van der Waals surface area contributed by atoms with Gasteiger partial charge in [-0.25, -0.2) is 4.79 Å². The lowest BCUT2D eigenvalue weighted by molar-refractivity contribution is -0.156. The smallest absolute Gasteiger partial charge is 0.340 e. The average Bonchev–Trinajstić information content (AvgIpc) is 2.56. The van der Waals surface area contributed by atoms with Crippen LogP contribution in [0, 0.1) is 20.8 Å². The van der Waals surface area contributed by atoms with Gasteiger partial charge in [0.1, 0.15) is 0 Å². The van der Waals surface area contributed by atoms with Gasteiger partial charge in [0, 0.05) is 5.69 Å². The highest BCUT2D eigenvalue weighted by Crippen LogP contribution is 2.22. The van der Waals surface area contributed by atoms with Gasteiger partial charge in [0.2, 0.25) is 0 Å². The number of hydrogen-bond acceptors (Lipinski definition) is 4. The Balaban J connectivity index is 1.93. The van der Waals surface area contributed by atoms with Gasteiger partial charge in [-0.3, -0.25) is 4.79 Å². The van der Waals surface area contributed by atoms with Crippen molar-refractivity contribution in [3.05, 3.63) is 64.7 Å². The molecule has 2 aromatic carbocycles. The van der Waals surface area contributed by atoms with E-state index in [0.717, 1.165) is 16.7 Å². The molecule has 0 saturated carbocycles. The van der Waals surface area contributed by atoms with E-state index in [1.807, 2.05) is 32.9 Å². The summed E-state index contributed by atoms with van der Waals surface area (Å²) in [6.07, 6.45) is -1.40. The molecule has 0 aliphatic carbocycles. The summed E-state index contributed by atoms with van der Waals surface area (Å²) in [7, 11) is 0. The Bertz CT molecular complexity index is 717. The van der Waals surface area contributed by atoms with Gasteiger partial charge in [-0.05, 0) is 37.5 Å². The minimum absolute atomic E-state index is 0.424. The number of carbonyl (C=O) groups excluding carboxylic acids is 2. The number of nitrogens with one attached hydrogen (secondary N) is 1. The molecule has 0 saturated heterocycles. The molecule has 0 fully saturated rings. The van der Waals surface area contributed by atoms with Crippen LogP contribution < -0.4 is 5.32 Å². The molecule has 1 amide bonds. The van der Waals surface area contributed by atoms with E-state index in [-0.39, 0.29) is 0 Å². The van der Waals surface area contributed by atoms with E-state index >= 15 is 0 Å². The van der Waals surface area contributed by atoms with Crippen molar-refractivity contribution >= 4 is 17.6 Å². The lowest BCUT2D eigenvalue weighted by Gasteiger charge is -2.14. The van der Waals surface area contributed by atoms with Gasteiger partial charge in [-0.2, -0.15) is 0 Å². The molecular weight excluding hydrogens is 306 g/mol.